The highest BCUT2D eigenvalue weighted by Gasteiger charge is 2.40. The molecule has 0 aliphatic carbocycles. The van der Waals surface area contributed by atoms with Gasteiger partial charge >= 0.3 is 5.97 Å². The lowest BCUT2D eigenvalue weighted by Gasteiger charge is -2.31. The normalized spacial score (nSPS) is 11.2. The Labute approximate surface area is 152 Å². The second kappa shape index (κ2) is 7.84. The summed E-state index contributed by atoms with van der Waals surface area (Å²) in [6.07, 6.45) is 1.28. The molecule has 4 heteroatoms. The molecule has 0 spiro atoms. The van der Waals surface area contributed by atoms with Gasteiger partial charge in [-0.25, -0.2) is 0 Å². The Morgan fingerprint density at radius 1 is 1.12 bits per heavy atom. The second-order valence-corrected chi connectivity index (χ2v) is 6.64. The van der Waals surface area contributed by atoms with Crippen molar-refractivity contribution >= 4 is 21.9 Å². The highest BCUT2D eigenvalue weighted by atomic mass is 79.9. The SMILES string of the molecule is CCC(CC)(C(=O)Oc1ccccc1C)c1cc(OC)ccc1Br. The molecule has 0 radical (unpaired) electrons. The Bertz CT molecular complexity index is 721. The Kier molecular flexibility index (Phi) is 6.05. The van der Waals surface area contributed by atoms with Crippen LogP contribution < -0.4 is 9.47 Å². The summed E-state index contributed by atoms with van der Waals surface area (Å²) in [5.41, 5.74) is 1.11. The third-order valence-corrected chi connectivity index (χ3v) is 5.27. The maximum absolute atomic E-state index is 13.1. The van der Waals surface area contributed by atoms with Crippen molar-refractivity contribution in [3.8, 4) is 11.5 Å². The number of rotatable bonds is 6. The summed E-state index contributed by atoms with van der Waals surface area (Å²) in [7, 11) is 1.62. The minimum absolute atomic E-state index is 0.240. The topological polar surface area (TPSA) is 35.5 Å². The molecule has 0 fully saturated rings. The van der Waals surface area contributed by atoms with E-state index in [-0.39, 0.29) is 5.97 Å². The molecule has 24 heavy (non-hydrogen) atoms. The van der Waals surface area contributed by atoms with Crippen molar-refractivity contribution < 1.29 is 14.3 Å². The van der Waals surface area contributed by atoms with E-state index in [1.54, 1.807) is 7.11 Å². The van der Waals surface area contributed by atoms with Crippen LogP contribution in [0, 0.1) is 6.92 Å². The van der Waals surface area contributed by atoms with Gasteiger partial charge in [0.2, 0.25) is 0 Å². The monoisotopic (exact) mass is 390 g/mol. The number of halogens is 1. The van der Waals surface area contributed by atoms with Gasteiger partial charge in [0.25, 0.3) is 0 Å². The zero-order chi connectivity index (χ0) is 17.7. The van der Waals surface area contributed by atoms with E-state index in [1.807, 2.05) is 63.2 Å². The highest BCUT2D eigenvalue weighted by Crippen LogP contribution is 2.40. The van der Waals surface area contributed by atoms with Crippen molar-refractivity contribution in [2.45, 2.75) is 39.0 Å². The summed E-state index contributed by atoms with van der Waals surface area (Å²) in [5.74, 6) is 1.09. The lowest BCUT2D eigenvalue weighted by Crippen LogP contribution is -2.38. The van der Waals surface area contributed by atoms with E-state index < -0.39 is 5.41 Å². The van der Waals surface area contributed by atoms with Crippen molar-refractivity contribution in [3.05, 3.63) is 58.1 Å². The van der Waals surface area contributed by atoms with Crippen LogP contribution in [0.5, 0.6) is 11.5 Å². The first-order chi connectivity index (χ1) is 11.5. The van der Waals surface area contributed by atoms with Crippen molar-refractivity contribution in [1.29, 1.82) is 0 Å². The van der Waals surface area contributed by atoms with E-state index in [0.29, 0.717) is 18.6 Å². The molecule has 3 nitrogen and oxygen atoms in total. The molecule has 0 bridgehead atoms. The fourth-order valence-electron chi connectivity index (χ4n) is 2.90. The molecule has 0 aliphatic heterocycles. The molecule has 0 atom stereocenters. The van der Waals surface area contributed by atoms with Crippen LogP contribution in [0.1, 0.15) is 37.8 Å². The van der Waals surface area contributed by atoms with Gasteiger partial charge < -0.3 is 9.47 Å². The summed E-state index contributed by atoms with van der Waals surface area (Å²) in [6.45, 7) is 5.95. The molecular formula is C20H23BrO3. The summed E-state index contributed by atoms with van der Waals surface area (Å²) >= 11 is 3.58. The number of hydrogen-bond acceptors (Lipinski definition) is 3. The molecule has 0 saturated carbocycles. The van der Waals surface area contributed by atoms with Crippen LogP contribution in [0.2, 0.25) is 0 Å². The van der Waals surface area contributed by atoms with Gasteiger partial charge in [-0.2, -0.15) is 0 Å². The highest BCUT2D eigenvalue weighted by molar-refractivity contribution is 9.10. The number of methoxy groups -OCH3 is 1. The number of hydrogen-bond donors (Lipinski definition) is 0. The Morgan fingerprint density at radius 2 is 1.79 bits per heavy atom. The first kappa shape index (κ1) is 18.5. The third-order valence-electron chi connectivity index (χ3n) is 4.58. The number of esters is 1. The maximum atomic E-state index is 13.1. The van der Waals surface area contributed by atoms with E-state index in [1.165, 1.54) is 0 Å². The third kappa shape index (κ3) is 3.48. The molecule has 0 amide bonds. The summed E-state index contributed by atoms with van der Waals surface area (Å²) in [6, 6.07) is 13.3. The fourth-order valence-corrected chi connectivity index (χ4v) is 3.52. The number of ether oxygens (including phenoxy) is 2. The molecule has 2 aromatic rings. The van der Waals surface area contributed by atoms with Gasteiger partial charge in [0, 0.05) is 4.47 Å². The number of carbonyl (C=O) groups excluding carboxylic acids is 1. The van der Waals surface area contributed by atoms with E-state index in [4.69, 9.17) is 9.47 Å². The molecule has 2 rings (SSSR count). The molecule has 128 valence electrons. The Hall–Kier alpha value is -1.81. The van der Waals surface area contributed by atoms with Crippen LogP contribution in [-0.4, -0.2) is 13.1 Å². The predicted octanol–water partition coefficient (Wildman–Crippen LogP) is 5.43. The molecule has 0 N–H and O–H groups in total. The van der Waals surface area contributed by atoms with Gasteiger partial charge in [-0.1, -0.05) is 48.0 Å². The molecule has 0 heterocycles. The first-order valence-corrected chi connectivity index (χ1v) is 8.89. The smallest absolute Gasteiger partial charge is 0.321 e. The summed E-state index contributed by atoms with van der Waals surface area (Å²) in [4.78, 5) is 13.1. The molecule has 0 unspecified atom stereocenters. The zero-order valence-corrected chi connectivity index (χ0v) is 16.1. The fraction of sp³-hybridized carbons (Fsp3) is 0.350. The Morgan fingerprint density at radius 3 is 2.38 bits per heavy atom. The quantitative estimate of drug-likeness (QED) is 0.487. The van der Waals surface area contributed by atoms with Gasteiger partial charge in [-0.05, 0) is 55.2 Å². The van der Waals surface area contributed by atoms with Crippen LogP contribution in [0.25, 0.3) is 0 Å². The zero-order valence-electron chi connectivity index (χ0n) is 14.6. The number of benzene rings is 2. The molecule has 0 aromatic heterocycles. The molecule has 0 saturated heterocycles. The molecule has 0 aliphatic rings. The van der Waals surface area contributed by atoms with Gasteiger partial charge in [0.1, 0.15) is 11.5 Å². The van der Waals surface area contributed by atoms with Gasteiger partial charge in [0.05, 0.1) is 12.5 Å². The van der Waals surface area contributed by atoms with Crippen molar-refractivity contribution in [1.82, 2.24) is 0 Å². The van der Waals surface area contributed by atoms with Crippen LogP contribution >= 0.6 is 15.9 Å². The lowest BCUT2D eigenvalue weighted by molar-refractivity contribution is -0.141. The van der Waals surface area contributed by atoms with Crippen LogP contribution in [0.3, 0.4) is 0 Å². The van der Waals surface area contributed by atoms with Crippen molar-refractivity contribution in [3.63, 3.8) is 0 Å². The summed E-state index contributed by atoms with van der Waals surface area (Å²) < 4.78 is 12.0. The number of carbonyl (C=O) groups is 1. The van der Waals surface area contributed by atoms with E-state index in [0.717, 1.165) is 21.3 Å². The standard InChI is InChI=1S/C20H23BrO3/c1-5-20(6-2,16-13-15(23-4)11-12-17(16)21)19(22)24-18-10-8-7-9-14(18)3/h7-13H,5-6H2,1-4H3. The Balaban J connectivity index is 2.47. The van der Waals surface area contributed by atoms with E-state index >= 15 is 0 Å². The van der Waals surface area contributed by atoms with E-state index in [9.17, 15) is 4.79 Å². The maximum Gasteiger partial charge on any atom is 0.321 e. The average molecular weight is 391 g/mol. The molecular weight excluding hydrogens is 368 g/mol. The van der Waals surface area contributed by atoms with E-state index in [2.05, 4.69) is 15.9 Å². The predicted molar refractivity (Wildman–Crippen MR) is 99.8 cm³/mol. The van der Waals surface area contributed by atoms with Crippen molar-refractivity contribution in [2.24, 2.45) is 0 Å². The number of para-hydroxylation sites is 1. The minimum atomic E-state index is -0.727. The lowest BCUT2D eigenvalue weighted by atomic mass is 9.75. The van der Waals surface area contributed by atoms with Crippen LogP contribution in [-0.2, 0) is 10.2 Å². The second-order valence-electron chi connectivity index (χ2n) is 5.79. The average Bonchev–Trinajstić information content (AvgIpc) is 2.60. The minimum Gasteiger partial charge on any atom is -0.497 e. The first-order valence-electron chi connectivity index (χ1n) is 8.10. The van der Waals surface area contributed by atoms with Crippen LogP contribution in [0.4, 0.5) is 0 Å². The number of aryl methyl sites for hydroxylation is 1. The molecule has 2 aromatic carbocycles. The largest absolute Gasteiger partial charge is 0.497 e. The van der Waals surface area contributed by atoms with Gasteiger partial charge in [-0.3, -0.25) is 4.79 Å². The van der Waals surface area contributed by atoms with Gasteiger partial charge in [-0.15, -0.1) is 0 Å². The van der Waals surface area contributed by atoms with Crippen molar-refractivity contribution in [2.75, 3.05) is 7.11 Å². The van der Waals surface area contributed by atoms with Crippen LogP contribution in [0.15, 0.2) is 46.9 Å². The summed E-state index contributed by atoms with van der Waals surface area (Å²) in [5, 5.41) is 0. The van der Waals surface area contributed by atoms with Gasteiger partial charge in [0.15, 0.2) is 0 Å².